The molecule has 11 heteroatoms. The second kappa shape index (κ2) is 12.5. The highest BCUT2D eigenvalue weighted by Crippen LogP contribution is 2.45. The van der Waals surface area contributed by atoms with E-state index in [2.05, 4.69) is 15.6 Å². The monoisotopic (exact) mass is 539 g/mol. The molecule has 0 bridgehead atoms. The number of alkyl halides is 3. The van der Waals surface area contributed by atoms with Gasteiger partial charge in [0.1, 0.15) is 6.04 Å². The molecule has 2 atom stereocenters. The van der Waals surface area contributed by atoms with Gasteiger partial charge in [0.2, 0.25) is 5.78 Å². The third kappa shape index (κ3) is 8.02. The minimum absolute atomic E-state index is 0.00824. The number of amides is 2. The number of nitrogens with zero attached hydrogens (tertiary/aromatic N) is 1. The third-order valence-corrected chi connectivity index (χ3v) is 7.47. The first-order chi connectivity index (χ1) is 17.5. The Balaban J connectivity index is 1.56. The van der Waals surface area contributed by atoms with Crippen molar-refractivity contribution in [3.63, 3.8) is 0 Å². The fraction of sp³-hybridized carbons (Fsp3) is 0.538. The summed E-state index contributed by atoms with van der Waals surface area (Å²) in [7, 11) is 0. The summed E-state index contributed by atoms with van der Waals surface area (Å²) in [5.41, 5.74) is -0.559. The van der Waals surface area contributed by atoms with Crippen molar-refractivity contribution in [3.8, 4) is 0 Å². The Labute approximate surface area is 218 Å². The molecule has 202 valence electrons. The van der Waals surface area contributed by atoms with Crippen LogP contribution in [0.4, 0.5) is 18.0 Å². The molecule has 1 fully saturated rings. The van der Waals surface area contributed by atoms with Gasteiger partial charge in [-0.15, -0.1) is 11.3 Å². The summed E-state index contributed by atoms with van der Waals surface area (Å²) in [6, 6.07) is 7.76. The Morgan fingerprint density at radius 1 is 1.16 bits per heavy atom. The van der Waals surface area contributed by atoms with E-state index >= 15 is 0 Å². The van der Waals surface area contributed by atoms with Crippen LogP contribution < -0.4 is 10.6 Å². The lowest BCUT2D eigenvalue weighted by molar-refractivity contribution is -0.140. The van der Waals surface area contributed by atoms with Crippen LogP contribution in [0.5, 0.6) is 0 Å². The zero-order valence-corrected chi connectivity index (χ0v) is 21.7. The van der Waals surface area contributed by atoms with Gasteiger partial charge in [0.15, 0.2) is 5.69 Å². The summed E-state index contributed by atoms with van der Waals surface area (Å²) in [6.45, 7) is 3.69. The maximum absolute atomic E-state index is 12.9. The van der Waals surface area contributed by atoms with Crippen LogP contribution in [0, 0.1) is 5.41 Å². The van der Waals surface area contributed by atoms with Gasteiger partial charge in [0.05, 0.1) is 17.7 Å². The van der Waals surface area contributed by atoms with E-state index in [-0.39, 0.29) is 19.4 Å². The van der Waals surface area contributed by atoms with Gasteiger partial charge in [0, 0.05) is 17.2 Å². The smallest absolute Gasteiger partial charge is 0.434 e. The maximum Gasteiger partial charge on any atom is 0.434 e. The van der Waals surface area contributed by atoms with Crippen LogP contribution in [0.3, 0.4) is 0 Å². The van der Waals surface area contributed by atoms with Crippen molar-refractivity contribution in [2.75, 3.05) is 6.61 Å². The number of nitrogens with one attached hydrogen (secondary N) is 2. The first-order valence-corrected chi connectivity index (χ1v) is 13.3. The van der Waals surface area contributed by atoms with E-state index in [0.717, 1.165) is 35.1 Å². The van der Waals surface area contributed by atoms with Crippen molar-refractivity contribution in [2.24, 2.45) is 5.41 Å². The molecule has 2 N–H and O–H groups in total. The standard InChI is InChI=1S/C26H32F3N3O4S/c1-3-4-11-19(22(33)23(34)30-17(2)18-9-6-5-7-10-18)31-24(35)36-16-25(12-8-13-25)14-21-32-20(15-37-21)26(27,28)29/h5-7,9-10,15,17,19H,3-4,8,11-14,16H2,1-2H3,(H,30,34)(H,31,35)/t17-,19+/m1/s1. The van der Waals surface area contributed by atoms with E-state index in [4.69, 9.17) is 4.74 Å². The second-order valence-corrected chi connectivity index (χ2v) is 10.5. The van der Waals surface area contributed by atoms with Gasteiger partial charge in [-0.2, -0.15) is 13.2 Å². The van der Waals surface area contributed by atoms with E-state index in [1.807, 2.05) is 37.3 Å². The Morgan fingerprint density at radius 2 is 1.86 bits per heavy atom. The fourth-order valence-corrected chi connectivity index (χ4v) is 5.20. The predicted molar refractivity (Wildman–Crippen MR) is 133 cm³/mol. The number of ether oxygens (including phenoxy) is 1. The molecule has 1 aromatic carbocycles. The van der Waals surface area contributed by atoms with Crippen LogP contribution >= 0.6 is 11.3 Å². The molecule has 37 heavy (non-hydrogen) atoms. The van der Waals surface area contributed by atoms with Gasteiger partial charge in [-0.3, -0.25) is 9.59 Å². The molecular weight excluding hydrogens is 507 g/mol. The molecule has 1 saturated carbocycles. The summed E-state index contributed by atoms with van der Waals surface area (Å²) in [5.74, 6) is -1.55. The summed E-state index contributed by atoms with van der Waals surface area (Å²) in [5, 5.41) is 6.53. The number of rotatable bonds is 12. The number of alkyl carbamates (subject to hydrolysis) is 1. The lowest BCUT2D eigenvalue weighted by Crippen LogP contribution is -2.49. The van der Waals surface area contributed by atoms with Gasteiger partial charge in [-0.1, -0.05) is 56.5 Å². The quantitative estimate of drug-likeness (QED) is 0.342. The SMILES string of the molecule is CCCC[C@H](NC(=O)OCC1(Cc2nc(C(F)(F)F)cs2)CCC1)C(=O)C(=O)N[C@H](C)c1ccccc1. The molecule has 7 nitrogen and oxygen atoms in total. The van der Waals surface area contributed by atoms with E-state index in [1.165, 1.54) is 0 Å². The van der Waals surface area contributed by atoms with Crippen LogP contribution in [-0.4, -0.2) is 35.4 Å². The van der Waals surface area contributed by atoms with Crippen molar-refractivity contribution in [2.45, 2.75) is 77.1 Å². The molecule has 1 heterocycles. The predicted octanol–water partition coefficient (Wildman–Crippen LogP) is 5.61. The second-order valence-electron chi connectivity index (χ2n) is 9.54. The van der Waals surface area contributed by atoms with Gasteiger partial charge in [-0.05, 0) is 31.7 Å². The zero-order valence-electron chi connectivity index (χ0n) is 20.9. The van der Waals surface area contributed by atoms with E-state index in [1.54, 1.807) is 6.92 Å². The summed E-state index contributed by atoms with van der Waals surface area (Å²) in [6.07, 6.45) is -1.13. The van der Waals surface area contributed by atoms with Crippen LogP contribution in [0.1, 0.15) is 74.7 Å². The molecule has 3 rings (SSSR count). The lowest BCUT2D eigenvalue weighted by Gasteiger charge is -2.40. The number of carbonyl (C=O) groups excluding carboxylic acids is 3. The number of aromatic nitrogens is 1. The Kier molecular flexibility index (Phi) is 9.69. The van der Waals surface area contributed by atoms with Gasteiger partial charge < -0.3 is 15.4 Å². The average molecular weight is 540 g/mol. The summed E-state index contributed by atoms with van der Waals surface area (Å²) < 4.78 is 44.1. The minimum Gasteiger partial charge on any atom is -0.449 e. The molecule has 1 aromatic heterocycles. The zero-order chi connectivity index (χ0) is 27.1. The van der Waals surface area contributed by atoms with E-state index < -0.39 is 47.2 Å². The van der Waals surface area contributed by atoms with Crippen LogP contribution in [0.15, 0.2) is 35.7 Å². The molecular formula is C26H32F3N3O4S. The molecule has 0 spiro atoms. The normalized spacial score (nSPS) is 16.2. The summed E-state index contributed by atoms with van der Waals surface area (Å²) in [4.78, 5) is 41.8. The molecule has 2 amide bonds. The molecule has 1 aliphatic rings. The minimum atomic E-state index is -4.50. The highest BCUT2D eigenvalue weighted by atomic mass is 32.1. The fourth-order valence-electron chi connectivity index (χ4n) is 4.22. The lowest BCUT2D eigenvalue weighted by atomic mass is 9.67. The first-order valence-electron chi connectivity index (χ1n) is 12.4. The molecule has 0 aliphatic heterocycles. The van der Waals surface area contributed by atoms with Gasteiger partial charge in [0.25, 0.3) is 5.91 Å². The van der Waals surface area contributed by atoms with Gasteiger partial charge in [-0.25, -0.2) is 9.78 Å². The highest BCUT2D eigenvalue weighted by molar-refractivity contribution is 7.09. The highest BCUT2D eigenvalue weighted by Gasteiger charge is 2.41. The molecule has 1 aliphatic carbocycles. The molecule has 2 aromatic rings. The van der Waals surface area contributed by atoms with Crippen molar-refractivity contribution in [1.29, 1.82) is 0 Å². The molecule has 0 unspecified atom stereocenters. The van der Waals surface area contributed by atoms with Crippen LogP contribution in [-0.2, 0) is 26.9 Å². The largest absolute Gasteiger partial charge is 0.449 e. The topological polar surface area (TPSA) is 97.4 Å². The number of hydrogen-bond acceptors (Lipinski definition) is 6. The Hall–Kier alpha value is -2.95. The molecule has 0 radical (unpaired) electrons. The number of ketones is 1. The number of thiazole rings is 1. The number of Topliss-reactive ketones (excluding diaryl/α,β-unsaturated/α-hetero) is 1. The number of halogens is 3. The Morgan fingerprint density at radius 3 is 2.43 bits per heavy atom. The van der Waals surface area contributed by atoms with E-state index in [0.29, 0.717) is 24.3 Å². The third-order valence-electron chi connectivity index (χ3n) is 6.62. The number of unbranched alkanes of at least 4 members (excludes halogenated alkanes) is 1. The van der Waals surface area contributed by atoms with Crippen molar-refractivity contribution >= 4 is 29.1 Å². The molecule has 0 saturated heterocycles. The van der Waals surface area contributed by atoms with E-state index in [9.17, 15) is 27.6 Å². The average Bonchev–Trinajstić information content (AvgIpc) is 3.32. The van der Waals surface area contributed by atoms with Gasteiger partial charge >= 0.3 is 12.3 Å². The summed E-state index contributed by atoms with van der Waals surface area (Å²) >= 11 is 0.940. The van der Waals surface area contributed by atoms with Crippen molar-refractivity contribution in [3.05, 3.63) is 52.0 Å². The maximum atomic E-state index is 12.9. The van der Waals surface area contributed by atoms with Crippen LogP contribution in [0.2, 0.25) is 0 Å². The first kappa shape index (κ1) is 28.6. The number of carbonyl (C=O) groups is 3. The number of benzene rings is 1. The Bertz CT molecular complexity index is 1070. The number of hydrogen-bond donors (Lipinski definition) is 2. The van der Waals surface area contributed by atoms with Crippen LogP contribution in [0.25, 0.3) is 0 Å². The van der Waals surface area contributed by atoms with Crippen molar-refractivity contribution < 1.29 is 32.3 Å². The van der Waals surface area contributed by atoms with Crippen molar-refractivity contribution in [1.82, 2.24) is 15.6 Å².